The van der Waals surface area contributed by atoms with Crippen molar-refractivity contribution in [2.45, 2.75) is 0 Å². The lowest BCUT2D eigenvalue weighted by Crippen LogP contribution is -2.26. The van der Waals surface area contributed by atoms with Gasteiger partial charge in [0.05, 0.1) is 32.7 Å². The van der Waals surface area contributed by atoms with Crippen LogP contribution in [0.4, 0.5) is 5.69 Å². The molecule has 0 saturated carbocycles. The molecular formula is C17H19N3O4. The number of hydrogen-bond acceptors (Lipinski definition) is 6. The molecule has 0 aromatic heterocycles. The number of anilines is 1. The minimum absolute atomic E-state index is 0.0296. The van der Waals surface area contributed by atoms with Gasteiger partial charge in [-0.3, -0.25) is 4.79 Å². The third kappa shape index (κ3) is 4.64. The van der Waals surface area contributed by atoms with Gasteiger partial charge in [0, 0.05) is 5.56 Å². The normalized spacial score (nSPS) is 10.4. The van der Waals surface area contributed by atoms with E-state index in [4.69, 9.17) is 9.47 Å². The van der Waals surface area contributed by atoms with Crippen LogP contribution in [0.15, 0.2) is 47.6 Å². The molecule has 24 heavy (non-hydrogen) atoms. The second-order valence-electron chi connectivity index (χ2n) is 4.77. The summed E-state index contributed by atoms with van der Waals surface area (Å²) >= 11 is 0. The van der Waals surface area contributed by atoms with E-state index in [0.717, 1.165) is 0 Å². The molecule has 0 atom stereocenters. The summed E-state index contributed by atoms with van der Waals surface area (Å²) in [6.07, 6.45) is 1.35. The smallest absolute Gasteiger partial charge is 0.259 e. The van der Waals surface area contributed by atoms with Gasteiger partial charge in [0.25, 0.3) is 5.91 Å². The Labute approximate surface area is 139 Å². The van der Waals surface area contributed by atoms with Crippen LogP contribution in [-0.2, 0) is 4.79 Å². The van der Waals surface area contributed by atoms with Crippen molar-refractivity contribution >= 4 is 17.8 Å². The second kappa shape index (κ2) is 8.42. The molecular weight excluding hydrogens is 310 g/mol. The maximum Gasteiger partial charge on any atom is 0.259 e. The zero-order chi connectivity index (χ0) is 17.4. The SMILES string of the molecule is COc1ccc(O)c(C=NNC(=O)CNc2ccccc2OC)c1. The number of aromatic hydroxyl groups is 1. The predicted molar refractivity (Wildman–Crippen MR) is 91.9 cm³/mol. The van der Waals surface area contributed by atoms with E-state index in [1.807, 2.05) is 18.2 Å². The number of nitrogens with one attached hydrogen (secondary N) is 2. The van der Waals surface area contributed by atoms with E-state index in [0.29, 0.717) is 22.7 Å². The van der Waals surface area contributed by atoms with Crippen molar-refractivity contribution in [3.8, 4) is 17.2 Å². The van der Waals surface area contributed by atoms with Crippen molar-refractivity contribution in [3.05, 3.63) is 48.0 Å². The molecule has 2 aromatic carbocycles. The van der Waals surface area contributed by atoms with Crippen LogP contribution in [0.1, 0.15) is 5.56 Å². The number of amides is 1. The van der Waals surface area contributed by atoms with Gasteiger partial charge in [-0.2, -0.15) is 5.10 Å². The van der Waals surface area contributed by atoms with Gasteiger partial charge >= 0.3 is 0 Å². The molecule has 2 rings (SSSR count). The van der Waals surface area contributed by atoms with Crippen LogP contribution in [0.5, 0.6) is 17.2 Å². The highest BCUT2D eigenvalue weighted by Crippen LogP contribution is 2.22. The lowest BCUT2D eigenvalue weighted by atomic mass is 10.2. The molecule has 0 spiro atoms. The van der Waals surface area contributed by atoms with E-state index in [-0.39, 0.29) is 18.2 Å². The lowest BCUT2D eigenvalue weighted by molar-refractivity contribution is -0.119. The summed E-state index contributed by atoms with van der Waals surface area (Å²) in [6, 6.07) is 12.0. The minimum atomic E-state index is -0.334. The second-order valence-corrected chi connectivity index (χ2v) is 4.77. The molecule has 3 N–H and O–H groups in total. The Kier molecular flexibility index (Phi) is 6.01. The third-order valence-corrected chi connectivity index (χ3v) is 3.17. The Morgan fingerprint density at radius 2 is 2.00 bits per heavy atom. The van der Waals surface area contributed by atoms with Crippen molar-refractivity contribution in [2.24, 2.45) is 5.10 Å². The van der Waals surface area contributed by atoms with Gasteiger partial charge in [0.15, 0.2) is 0 Å². The van der Waals surface area contributed by atoms with E-state index in [1.54, 1.807) is 25.3 Å². The number of benzene rings is 2. The number of para-hydroxylation sites is 2. The summed E-state index contributed by atoms with van der Waals surface area (Å²) in [5, 5.41) is 16.5. The lowest BCUT2D eigenvalue weighted by Gasteiger charge is -2.09. The molecule has 0 bridgehead atoms. The van der Waals surface area contributed by atoms with Gasteiger partial charge in [0.1, 0.15) is 17.2 Å². The maximum atomic E-state index is 11.8. The molecule has 0 aliphatic rings. The number of hydrazone groups is 1. The van der Waals surface area contributed by atoms with Crippen LogP contribution in [0, 0.1) is 0 Å². The van der Waals surface area contributed by atoms with E-state index >= 15 is 0 Å². The number of phenolic OH excluding ortho intramolecular Hbond substituents is 1. The summed E-state index contributed by atoms with van der Waals surface area (Å²) < 4.78 is 10.3. The molecule has 0 aliphatic carbocycles. The average molecular weight is 329 g/mol. The van der Waals surface area contributed by atoms with Crippen LogP contribution >= 0.6 is 0 Å². The molecule has 0 unspecified atom stereocenters. The number of nitrogens with zero attached hydrogens (tertiary/aromatic N) is 1. The molecule has 0 aliphatic heterocycles. The van der Waals surface area contributed by atoms with Gasteiger partial charge < -0.3 is 19.9 Å². The first-order chi connectivity index (χ1) is 11.6. The van der Waals surface area contributed by atoms with E-state index in [1.165, 1.54) is 19.4 Å². The first-order valence-corrected chi connectivity index (χ1v) is 7.20. The zero-order valence-corrected chi connectivity index (χ0v) is 13.4. The van der Waals surface area contributed by atoms with E-state index in [9.17, 15) is 9.90 Å². The summed E-state index contributed by atoms with van der Waals surface area (Å²) in [4.78, 5) is 11.8. The van der Waals surface area contributed by atoms with Crippen LogP contribution in [0.3, 0.4) is 0 Å². The maximum absolute atomic E-state index is 11.8. The van der Waals surface area contributed by atoms with Crippen LogP contribution < -0.4 is 20.2 Å². The van der Waals surface area contributed by atoms with E-state index in [2.05, 4.69) is 15.8 Å². The number of methoxy groups -OCH3 is 2. The van der Waals surface area contributed by atoms with Crippen molar-refractivity contribution in [1.29, 1.82) is 0 Å². The third-order valence-electron chi connectivity index (χ3n) is 3.17. The number of phenols is 1. The Morgan fingerprint density at radius 1 is 1.21 bits per heavy atom. The summed E-state index contributed by atoms with van der Waals surface area (Å²) in [7, 11) is 3.09. The van der Waals surface area contributed by atoms with E-state index < -0.39 is 0 Å². The fourth-order valence-corrected chi connectivity index (χ4v) is 1.94. The van der Waals surface area contributed by atoms with Crippen molar-refractivity contribution in [3.63, 3.8) is 0 Å². The summed E-state index contributed by atoms with van der Waals surface area (Å²) in [6.45, 7) is 0.0296. The standard InChI is InChI=1S/C17H19N3O4/c1-23-13-7-8-15(21)12(9-13)10-19-20-17(22)11-18-14-5-3-4-6-16(14)24-2/h3-10,18,21H,11H2,1-2H3,(H,20,22). The predicted octanol–water partition coefficient (Wildman–Crippen LogP) is 1.97. The van der Waals surface area contributed by atoms with Crippen LogP contribution in [-0.4, -0.2) is 38.0 Å². The minimum Gasteiger partial charge on any atom is -0.507 e. The Bertz CT molecular complexity index is 732. The fourth-order valence-electron chi connectivity index (χ4n) is 1.94. The zero-order valence-electron chi connectivity index (χ0n) is 13.4. The van der Waals surface area contributed by atoms with Gasteiger partial charge in [-0.15, -0.1) is 0 Å². The van der Waals surface area contributed by atoms with Crippen molar-refractivity contribution in [2.75, 3.05) is 26.1 Å². The molecule has 0 fully saturated rings. The molecule has 0 saturated heterocycles. The molecule has 0 radical (unpaired) electrons. The molecule has 7 nitrogen and oxygen atoms in total. The Balaban J connectivity index is 1.89. The van der Waals surface area contributed by atoms with Gasteiger partial charge in [-0.1, -0.05) is 12.1 Å². The topological polar surface area (TPSA) is 92.2 Å². The van der Waals surface area contributed by atoms with Crippen LogP contribution in [0.25, 0.3) is 0 Å². The summed E-state index contributed by atoms with van der Waals surface area (Å²) in [5.74, 6) is 0.939. The van der Waals surface area contributed by atoms with Crippen molar-refractivity contribution < 1.29 is 19.4 Å². The number of carbonyl (C=O) groups is 1. The Hall–Kier alpha value is -3.22. The fraction of sp³-hybridized carbons (Fsp3) is 0.176. The highest BCUT2D eigenvalue weighted by Gasteiger charge is 2.04. The number of rotatable bonds is 7. The quantitative estimate of drug-likeness (QED) is 0.533. The van der Waals surface area contributed by atoms with Gasteiger partial charge in [-0.05, 0) is 30.3 Å². The number of ether oxygens (including phenoxy) is 2. The van der Waals surface area contributed by atoms with Crippen LogP contribution in [0.2, 0.25) is 0 Å². The number of hydrogen-bond donors (Lipinski definition) is 3. The molecule has 0 heterocycles. The molecule has 126 valence electrons. The highest BCUT2D eigenvalue weighted by atomic mass is 16.5. The molecule has 2 aromatic rings. The monoisotopic (exact) mass is 329 g/mol. The first kappa shape index (κ1) is 17.1. The molecule has 7 heteroatoms. The molecule has 1 amide bonds. The highest BCUT2D eigenvalue weighted by molar-refractivity contribution is 5.86. The van der Waals surface area contributed by atoms with Gasteiger partial charge in [0.2, 0.25) is 0 Å². The first-order valence-electron chi connectivity index (χ1n) is 7.20. The van der Waals surface area contributed by atoms with Gasteiger partial charge in [-0.25, -0.2) is 5.43 Å². The Morgan fingerprint density at radius 3 is 2.75 bits per heavy atom. The average Bonchev–Trinajstić information content (AvgIpc) is 2.61. The number of carbonyl (C=O) groups excluding carboxylic acids is 1. The summed E-state index contributed by atoms with van der Waals surface area (Å²) in [5.41, 5.74) is 3.53. The van der Waals surface area contributed by atoms with Crippen molar-refractivity contribution in [1.82, 2.24) is 5.43 Å². The largest absolute Gasteiger partial charge is 0.507 e.